The van der Waals surface area contributed by atoms with Crippen LogP contribution in [0.5, 0.6) is 0 Å². The minimum atomic E-state index is -0.220. The van der Waals surface area contributed by atoms with E-state index in [9.17, 15) is 4.79 Å². The normalized spacial score (nSPS) is 33.5. The number of hydrogen-bond acceptors (Lipinski definition) is 3. The highest BCUT2D eigenvalue weighted by Gasteiger charge is 2.40. The van der Waals surface area contributed by atoms with Gasteiger partial charge in [0.15, 0.2) is 0 Å². The van der Waals surface area contributed by atoms with Crippen LogP contribution in [-0.4, -0.2) is 42.6 Å². The van der Waals surface area contributed by atoms with E-state index in [1.165, 1.54) is 44.9 Å². The van der Waals surface area contributed by atoms with Crippen molar-refractivity contribution >= 4 is 5.91 Å². The van der Waals surface area contributed by atoms with E-state index < -0.39 is 0 Å². The van der Waals surface area contributed by atoms with Gasteiger partial charge in [-0.3, -0.25) is 4.79 Å². The van der Waals surface area contributed by atoms with E-state index in [1.54, 1.807) is 0 Å². The second-order valence-corrected chi connectivity index (χ2v) is 6.98. The second kappa shape index (κ2) is 6.02. The first-order chi connectivity index (χ1) is 9.72. The molecule has 20 heavy (non-hydrogen) atoms. The zero-order valence-corrected chi connectivity index (χ0v) is 12.5. The fraction of sp³-hybridized carbons (Fsp3) is 0.938. The van der Waals surface area contributed by atoms with Crippen molar-refractivity contribution in [1.82, 2.24) is 4.90 Å². The standard InChI is InChI=1S/C16H28N2O2/c17-11-13-5-6-14(20-13)15(19)18-10-4-9-16(12-18)7-2-1-3-8-16/h13-14H,1-12,17H2/t13-,14+/m1/s1. The van der Waals surface area contributed by atoms with Gasteiger partial charge in [0, 0.05) is 19.6 Å². The summed E-state index contributed by atoms with van der Waals surface area (Å²) in [6.07, 6.45) is 10.8. The highest BCUT2D eigenvalue weighted by atomic mass is 16.5. The molecule has 0 aromatic carbocycles. The molecule has 4 nitrogen and oxygen atoms in total. The molecule has 0 bridgehead atoms. The molecule has 2 aliphatic heterocycles. The molecule has 0 unspecified atom stereocenters. The van der Waals surface area contributed by atoms with Crippen molar-refractivity contribution in [3.05, 3.63) is 0 Å². The zero-order chi connectivity index (χ0) is 14.0. The first kappa shape index (κ1) is 14.3. The van der Waals surface area contributed by atoms with E-state index in [1.807, 2.05) is 0 Å². The summed E-state index contributed by atoms with van der Waals surface area (Å²) in [7, 11) is 0. The van der Waals surface area contributed by atoms with E-state index in [0.29, 0.717) is 12.0 Å². The molecule has 1 saturated carbocycles. The summed E-state index contributed by atoms with van der Waals surface area (Å²) in [4.78, 5) is 14.7. The van der Waals surface area contributed by atoms with Gasteiger partial charge in [-0.15, -0.1) is 0 Å². The molecule has 1 spiro atoms. The molecule has 3 fully saturated rings. The summed E-state index contributed by atoms with van der Waals surface area (Å²) in [5, 5.41) is 0. The van der Waals surface area contributed by atoms with Crippen LogP contribution in [0.1, 0.15) is 57.8 Å². The highest BCUT2D eigenvalue weighted by Crippen LogP contribution is 2.43. The van der Waals surface area contributed by atoms with Crippen LogP contribution in [-0.2, 0) is 9.53 Å². The fourth-order valence-electron chi connectivity index (χ4n) is 4.37. The molecule has 114 valence electrons. The van der Waals surface area contributed by atoms with Crippen LogP contribution in [0, 0.1) is 5.41 Å². The number of hydrogen-bond donors (Lipinski definition) is 1. The lowest BCUT2D eigenvalue weighted by Crippen LogP contribution is -2.50. The van der Waals surface area contributed by atoms with Gasteiger partial charge in [-0.2, -0.15) is 0 Å². The van der Waals surface area contributed by atoms with Crippen LogP contribution >= 0.6 is 0 Å². The van der Waals surface area contributed by atoms with Gasteiger partial charge in [0.05, 0.1) is 6.10 Å². The molecule has 0 radical (unpaired) electrons. The predicted molar refractivity (Wildman–Crippen MR) is 78.3 cm³/mol. The molecular weight excluding hydrogens is 252 g/mol. The Balaban J connectivity index is 1.60. The number of rotatable bonds is 2. The average molecular weight is 280 g/mol. The van der Waals surface area contributed by atoms with Crippen molar-refractivity contribution in [2.24, 2.45) is 11.1 Å². The molecule has 2 heterocycles. The first-order valence-electron chi connectivity index (χ1n) is 8.37. The SMILES string of the molecule is NC[C@H]1CC[C@@H](C(=O)N2CCCC3(CCCCC3)C2)O1. The van der Waals surface area contributed by atoms with Crippen molar-refractivity contribution < 1.29 is 9.53 Å². The molecular formula is C16H28N2O2. The van der Waals surface area contributed by atoms with Crippen molar-refractivity contribution in [3.63, 3.8) is 0 Å². The van der Waals surface area contributed by atoms with Crippen molar-refractivity contribution in [3.8, 4) is 0 Å². The molecule has 1 aliphatic carbocycles. The van der Waals surface area contributed by atoms with Gasteiger partial charge in [-0.1, -0.05) is 19.3 Å². The molecule has 2 saturated heterocycles. The number of amides is 1. The minimum absolute atomic E-state index is 0.0948. The number of likely N-dealkylation sites (tertiary alicyclic amines) is 1. The monoisotopic (exact) mass is 280 g/mol. The van der Waals surface area contributed by atoms with Crippen molar-refractivity contribution in [1.29, 1.82) is 0 Å². The highest BCUT2D eigenvalue weighted by molar-refractivity contribution is 5.81. The molecule has 3 rings (SSSR count). The van der Waals surface area contributed by atoms with Gasteiger partial charge in [0.25, 0.3) is 5.91 Å². The van der Waals surface area contributed by atoms with Crippen LogP contribution < -0.4 is 5.73 Å². The van der Waals surface area contributed by atoms with Crippen LogP contribution in [0.15, 0.2) is 0 Å². The molecule has 2 atom stereocenters. The average Bonchev–Trinajstić information content (AvgIpc) is 2.96. The maximum atomic E-state index is 12.6. The Bertz CT molecular complexity index is 347. The molecule has 0 aromatic heterocycles. The summed E-state index contributed by atoms with van der Waals surface area (Å²) >= 11 is 0. The van der Waals surface area contributed by atoms with Gasteiger partial charge in [0.1, 0.15) is 6.10 Å². The molecule has 0 aromatic rings. The Morgan fingerprint density at radius 3 is 2.60 bits per heavy atom. The largest absolute Gasteiger partial charge is 0.364 e. The number of piperidine rings is 1. The van der Waals surface area contributed by atoms with Gasteiger partial charge in [-0.05, 0) is 43.9 Å². The quantitative estimate of drug-likeness (QED) is 0.842. The van der Waals surface area contributed by atoms with Crippen LogP contribution in [0.2, 0.25) is 0 Å². The third-order valence-electron chi connectivity index (χ3n) is 5.53. The van der Waals surface area contributed by atoms with Crippen molar-refractivity contribution in [2.45, 2.75) is 70.0 Å². The Morgan fingerprint density at radius 1 is 1.15 bits per heavy atom. The topological polar surface area (TPSA) is 55.6 Å². The van der Waals surface area contributed by atoms with Crippen LogP contribution in [0.4, 0.5) is 0 Å². The lowest BCUT2D eigenvalue weighted by atomic mass is 9.69. The van der Waals surface area contributed by atoms with Gasteiger partial charge in [0.2, 0.25) is 0 Å². The summed E-state index contributed by atoms with van der Waals surface area (Å²) in [5.74, 6) is 0.227. The summed E-state index contributed by atoms with van der Waals surface area (Å²) in [6.45, 7) is 2.43. The Kier molecular flexibility index (Phi) is 4.32. The predicted octanol–water partition coefficient (Wildman–Crippen LogP) is 2.07. The minimum Gasteiger partial charge on any atom is -0.364 e. The summed E-state index contributed by atoms with van der Waals surface area (Å²) in [5.41, 5.74) is 6.07. The number of carbonyl (C=O) groups excluding carboxylic acids is 1. The van der Waals surface area contributed by atoms with Gasteiger partial charge < -0.3 is 15.4 Å². The maximum Gasteiger partial charge on any atom is 0.251 e. The number of nitrogens with zero attached hydrogens (tertiary/aromatic N) is 1. The smallest absolute Gasteiger partial charge is 0.251 e. The fourth-order valence-corrected chi connectivity index (χ4v) is 4.37. The molecule has 3 aliphatic rings. The number of nitrogens with two attached hydrogens (primary N) is 1. The Hall–Kier alpha value is -0.610. The van der Waals surface area contributed by atoms with Crippen molar-refractivity contribution in [2.75, 3.05) is 19.6 Å². The molecule has 4 heteroatoms. The van der Waals surface area contributed by atoms with Gasteiger partial charge >= 0.3 is 0 Å². The van der Waals surface area contributed by atoms with E-state index >= 15 is 0 Å². The maximum absolute atomic E-state index is 12.6. The Morgan fingerprint density at radius 2 is 1.90 bits per heavy atom. The molecule has 1 amide bonds. The van der Waals surface area contributed by atoms with Gasteiger partial charge in [-0.25, -0.2) is 0 Å². The third kappa shape index (κ3) is 2.86. The summed E-state index contributed by atoms with van der Waals surface area (Å²) in [6, 6.07) is 0. The van der Waals surface area contributed by atoms with E-state index in [4.69, 9.17) is 10.5 Å². The first-order valence-corrected chi connectivity index (χ1v) is 8.37. The van der Waals surface area contributed by atoms with E-state index in [2.05, 4.69) is 4.90 Å². The number of carbonyl (C=O) groups is 1. The Labute approximate surface area is 122 Å². The zero-order valence-electron chi connectivity index (χ0n) is 12.5. The van der Waals surface area contributed by atoms with Crippen LogP contribution in [0.25, 0.3) is 0 Å². The van der Waals surface area contributed by atoms with E-state index in [0.717, 1.165) is 25.9 Å². The lowest BCUT2D eigenvalue weighted by molar-refractivity contribution is -0.147. The van der Waals surface area contributed by atoms with E-state index in [-0.39, 0.29) is 18.1 Å². The third-order valence-corrected chi connectivity index (χ3v) is 5.53. The lowest BCUT2D eigenvalue weighted by Gasteiger charge is -2.45. The molecule has 2 N–H and O–H groups in total. The number of ether oxygens (including phenoxy) is 1. The van der Waals surface area contributed by atoms with Crippen LogP contribution in [0.3, 0.4) is 0 Å². The summed E-state index contributed by atoms with van der Waals surface area (Å²) < 4.78 is 5.79. The second-order valence-electron chi connectivity index (χ2n) is 6.98.